The number of nitro groups is 1. The summed E-state index contributed by atoms with van der Waals surface area (Å²) in [6.45, 7) is 0. The molecule has 0 fully saturated rings. The van der Waals surface area contributed by atoms with Crippen LogP contribution in [0.5, 0.6) is 5.75 Å². The van der Waals surface area contributed by atoms with Gasteiger partial charge in [0.2, 0.25) is 5.91 Å². The molecule has 0 radical (unpaired) electrons. The number of ether oxygens (including phenoxy) is 1. The fourth-order valence-electron chi connectivity index (χ4n) is 2.56. The van der Waals surface area contributed by atoms with Crippen molar-refractivity contribution < 1.29 is 32.4 Å². The van der Waals surface area contributed by atoms with Crippen LogP contribution >= 0.6 is 0 Å². The molecule has 0 unspecified atom stereocenters. The van der Waals surface area contributed by atoms with Crippen molar-refractivity contribution in [1.29, 1.82) is 0 Å². The van der Waals surface area contributed by atoms with E-state index >= 15 is 0 Å². The van der Waals surface area contributed by atoms with Crippen LogP contribution in [0.2, 0.25) is 0 Å². The first kappa shape index (κ1) is 21.7. The number of nitrogens with two attached hydrogens (primary N) is 1. The average Bonchev–Trinajstić information content (AvgIpc) is 2.66. The minimum absolute atomic E-state index is 0.217. The number of nitrogens with zero attached hydrogens (tertiary/aromatic N) is 1. The van der Waals surface area contributed by atoms with Crippen molar-refractivity contribution >= 4 is 17.5 Å². The second kappa shape index (κ2) is 8.59. The van der Waals surface area contributed by atoms with Gasteiger partial charge in [-0.25, -0.2) is 0 Å². The molecule has 2 amide bonds. The Morgan fingerprint density at radius 2 is 1.93 bits per heavy atom. The predicted molar refractivity (Wildman–Crippen MR) is 95.2 cm³/mol. The van der Waals surface area contributed by atoms with Gasteiger partial charge < -0.3 is 15.8 Å². The molecule has 2 aromatic rings. The molecule has 0 spiro atoms. The summed E-state index contributed by atoms with van der Waals surface area (Å²) in [4.78, 5) is 34.4. The molecule has 0 aliphatic heterocycles. The van der Waals surface area contributed by atoms with E-state index in [4.69, 9.17) is 10.5 Å². The first-order chi connectivity index (χ1) is 13.5. The molecular formula is C18H16F3N3O5. The fourth-order valence-corrected chi connectivity index (χ4v) is 2.56. The predicted octanol–water partition coefficient (Wildman–Crippen LogP) is 2.45. The van der Waals surface area contributed by atoms with E-state index in [9.17, 15) is 32.9 Å². The number of methoxy groups -OCH3 is 1. The van der Waals surface area contributed by atoms with Crippen LogP contribution in [0.25, 0.3) is 0 Å². The van der Waals surface area contributed by atoms with Gasteiger partial charge in [-0.2, -0.15) is 13.2 Å². The lowest BCUT2D eigenvalue weighted by Gasteiger charge is -2.17. The minimum Gasteiger partial charge on any atom is -0.496 e. The van der Waals surface area contributed by atoms with Gasteiger partial charge in [-0.3, -0.25) is 19.7 Å². The Bertz CT molecular complexity index is 947. The lowest BCUT2D eigenvalue weighted by molar-refractivity contribution is -0.384. The van der Waals surface area contributed by atoms with Crippen LogP contribution in [-0.4, -0.2) is 29.9 Å². The van der Waals surface area contributed by atoms with Crippen LogP contribution in [0, 0.1) is 10.1 Å². The van der Waals surface area contributed by atoms with Crippen LogP contribution in [-0.2, 0) is 17.4 Å². The summed E-state index contributed by atoms with van der Waals surface area (Å²) in [5.74, 6) is -1.71. The number of amides is 2. The number of carbonyl (C=O) groups is 2. The third kappa shape index (κ3) is 5.43. The smallest absolute Gasteiger partial charge is 0.416 e. The van der Waals surface area contributed by atoms with Crippen molar-refractivity contribution in [2.45, 2.75) is 18.6 Å². The maximum atomic E-state index is 12.8. The molecule has 0 aromatic heterocycles. The molecule has 0 saturated heterocycles. The number of nitrogens with one attached hydrogen (secondary N) is 1. The summed E-state index contributed by atoms with van der Waals surface area (Å²) in [6, 6.07) is 5.98. The van der Waals surface area contributed by atoms with Gasteiger partial charge in [0.15, 0.2) is 0 Å². The van der Waals surface area contributed by atoms with E-state index in [-0.39, 0.29) is 29.0 Å². The zero-order chi connectivity index (χ0) is 21.8. The maximum Gasteiger partial charge on any atom is 0.416 e. The molecule has 8 nitrogen and oxygen atoms in total. The van der Waals surface area contributed by atoms with Gasteiger partial charge in [-0.15, -0.1) is 0 Å². The molecule has 0 bridgehead atoms. The zero-order valence-electron chi connectivity index (χ0n) is 15.0. The Labute approximate surface area is 162 Å². The largest absolute Gasteiger partial charge is 0.496 e. The van der Waals surface area contributed by atoms with E-state index in [1.165, 1.54) is 19.2 Å². The van der Waals surface area contributed by atoms with Gasteiger partial charge in [0.05, 0.1) is 17.6 Å². The Morgan fingerprint density at radius 3 is 2.48 bits per heavy atom. The molecule has 2 rings (SSSR count). The number of benzene rings is 2. The van der Waals surface area contributed by atoms with Crippen molar-refractivity contribution in [2.24, 2.45) is 5.73 Å². The summed E-state index contributed by atoms with van der Waals surface area (Å²) < 4.78 is 43.6. The normalized spacial score (nSPS) is 12.1. The van der Waals surface area contributed by atoms with Crippen LogP contribution in [0.3, 0.4) is 0 Å². The molecule has 154 valence electrons. The number of nitro benzene ring substituents is 1. The molecule has 0 aliphatic carbocycles. The molecule has 0 heterocycles. The highest BCUT2D eigenvalue weighted by Crippen LogP contribution is 2.29. The van der Waals surface area contributed by atoms with Gasteiger partial charge in [0.1, 0.15) is 11.8 Å². The Morgan fingerprint density at radius 1 is 1.24 bits per heavy atom. The molecule has 3 N–H and O–H groups in total. The highest BCUT2D eigenvalue weighted by atomic mass is 19.4. The molecule has 0 aliphatic rings. The van der Waals surface area contributed by atoms with E-state index in [0.717, 1.165) is 24.3 Å². The van der Waals surface area contributed by atoms with Crippen LogP contribution < -0.4 is 15.8 Å². The zero-order valence-corrected chi connectivity index (χ0v) is 15.0. The van der Waals surface area contributed by atoms with Crippen molar-refractivity contribution in [2.75, 3.05) is 7.11 Å². The number of non-ortho nitro benzene ring substituents is 1. The second-order valence-corrected chi connectivity index (χ2v) is 5.96. The number of rotatable bonds is 7. The maximum absolute atomic E-state index is 12.8. The van der Waals surface area contributed by atoms with Crippen molar-refractivity contribution in [3.63, 3.8) is 0 Å². The van der Waals surface area contributed by atoms with Crippen LogP contribution in [0.4, 0.5) is 18.9 Å². The Balaban J connectivity index is 2.28. The number of halogens is 3. The summed E-state index contributed by atoms with van der Waals surface area (Å²) in [7, 11) is 1.31. The summed E-state index contributed by atoms with van der Waals surface area (Å²) in [5, 5.41) is 13.2. The first-order valence-electron chi connectivity index (χ1n) is 8.11. The second-order valence-electron chi connectivity index (χ2n) is 5.96. The Hall–Kier alpha value is -3.63. The molecule has 29 heavy (non-hydrogen) atoms. The van der Waals surface area contributed by atoms with Gasteiger partial charge in [0, 0.05) is 29.7 Å². The van der Waals surface area contributed by atoms with Gasteiger partial charge in [0.25, 0.3) is 11.6 Å². The van der Waals surface area contributed by atoms with Gasteiger partial charge in [-0.1, -0.05) is 6.07 Å². The average molecular weight is 411 g/mol. The number of primary amides is 1. The standard InChI is InChI=1S/C18H16F3N3O5/c1-29-15-6-5-13(24(27)28)8-11(15)9-14(16(22)25)23-17(26)10-3-2-4-12(7-10)18(19,20)21/h2-8,14H,9H2,1H3,(H2,22,25)(H,23,26)/t14-/m0/s1. The fraction of sp³-hybridized carbons (Fsp3) is 0.222. The number of hydrogen-bond acceptors (Lipinski definition) is 5. The lowest BCUT2D eigenvalue weighted by Crippen LogP contribution is -2.46. The van der Waals surface area contributed by atoms with Crippen molar-refractivity contribution in [3.05, 3.63) is 69.3 Å². The summed E-state index contributed by atoms with van der Waals surface area (Å²) >= 11 is 0. The Kier molecular flexibility index (Phi) is 6.42. The van der Waals surface area contributed by atoms with E-state index < -0.39 is 34.5 Å². The minimum atomic E-state index is -4.64. The SMILES string of the molecule is COc1ccc([N+](=O)[O-])cc1C[C@H](NC(=O)c1cccc(C(F)(F)F)c1)C(N)=O. The highest BCUT2D eigenvalue weighted by Gasteiger charge is 2.31. The van der Waals surface area contributed by atoms with E-state index in [2.05, 4.69) is 5.32 Å². The quantitative estimate of drug-likeness (QED) is 0.535. The van der Waals surface area contributed by atoms with E-state index in [1.807, 2.05) is 0 Å². The summed E-state index contributed by atoms with van der Waals surface area (Å²) in [5.41, 5.74) is 3.89. The highest BCUT2D eigenvalue weighted by molar-refractivity contribution is 5.97. The third-order valence-electron chi connectivity index (χ3n) is 4.00. The van der Waals surface area contributed by atoms with Crippen molar-refractivity contribution in [3.8, 4) is 5.75 Å². The lowest BCUT2D eigenvalue weighted by atomic mass is 10.0. The molecule has 0 saturated carbocycles. The third-order valence-corrected chi connectivity index (χ3v) is 4.00. The van der Waals surface area contributed by atoms with E-state index in [0.29, 0.717) is 6.07 Å². The number of carbonyl (C=O) groups excluding carboxylic acids is 2. The first-order valence-corrected chi connectivity index (χ1v) is 8.11. The monoisotopic (exact) mass is 411 g/mol. The summed E-state index contributed by atoms with van der Waals surface area (Å²) in [6.07, 6.45) is -4.90. The molecule has 2 aromatic carbocycles. The van der Waals surface area contributed by atoms with Crippen molar-refractivity contribution in [1.82, 2.24) is 5.32 Å². The topological polar surface area (TPSA) is 125 Å². The van der Waals surface area contributed by atoms with Crippen LogP contribution in [0.1, 0.15) is 21.5 Å². The van der Waals surface area contributed by atoms with Gasteiger partial charge >= 0.3 is 6.18 Å². The molecule has 11 heteroatoms. The number of hydrogen-bond donors (Lipinski definition) is 2. The van der Waals surface area contributed by atoms with Gasteiger partial charge in [-0.05, 0) is 24.3 Å². The number of alkyl halides is 3. The van der Waals surface area contributed by atoms with E-state index in [1.54, 1.807) is 0 Å². The molecule has 1 atom stereocenters. The molecular weight excluding hydrogens is 395 g/mol. The van der Waals surface area contributed by atoms with Crippen LogP contribution in [0.15, 0.2) is 42.5 Å².